The highest BCUT2D eigenvalue weighted by Crippen LogP contribution is 2.23. The highest BCUT2D eigenvalue weighted by Gasteiger charge is 2.22. The van der Waals surface area contributed by atoms with Gasteiger partial charge in [0.1, 0.15) is 0 Å². The van der Waals surface area contributed by atoms with Crippen LogP contribution < -0.4 is 5.32 Å². The second-order valence-electron chi connectivity index (χ2n) is 4.36. The first-order valence-electron chi connectivity index (χ1n) is 5.67. The summed E-state index contributed by atoms with van der Waals surface area (Å²) in [4.78, 5) is 1.42. The van der Waals surface area contributed by atoms with Crippen molar-refractivity contribution in [3.05, 3.63) is 29.8 Å². The summed E-state index contributed by atoms with van der Waals surface area (Å²) in [5, 5.41) is 3.64. The third-order valence-electron chi connectivity index (χ3n) is 2.82. The maximum Gasteiger partial charge on any atom is 0.0102 e. The van der Waals surface area contributed by atoms with Gasteiger partial charge in [0, 0.05) is 17.0 Å². The number of hydrogen-bond donors (Lipinski definition) is 1. The summed E-state index contributed by atoms with van der Waals surface area (Å²) in [5.74, 6) is 0. The van der Waals surface area contributed by atoms with Crippen LogP contribution in [-0.2, 0) is 6.42 Å². The monoisotopic (exact) mass is 221 g/mol. The normalized spacial score (nSPS) is 17.7. The van der Waals surface area contributed by atoms with Crippen molar-refractivity contribution in [2.45, 2.75) is 43.2 Å². The van der Waals surface area contributed by atoms with E-state index < -0.39 is 0 Å². The van der Waals surface area contributed by atoms with Gasteiger partial charge in [0.25, 0.3) is 0 Å². The standard InChI is InChI=1S/C13H19NS/c1-10(14-12-7-8-12)9-11-5-3-4-6-13(11)15-2/h3-6,10,12,14H,7-9H2,1-2H3. The molecule has 0 spiro atoms. The van der Waals surface area contributed by atoms with Crippen LogP contribution in [0, 0.1) is 0 Å². The molecule has 1 nitrogen and oxygen atoms in total. The fourth-order valence-electron chi connectivity index (χ4n) is 1.91. The molecule has 2 rings (SSSR count). The minimum atomic E-state index is 0.603. The summed E-state index contributed by atoms with van der Waals surface area (Å²) in [6.07, 6.45) is 6.04. The molecule has 1 N–H and O–H groups in total. The van der Waals surface area contributed by atoms with Crippen molar-refractivity contribution in [2.24, 2.45) is 0 Å². The number of hydrogen-bond acceptors (Lipinski definition) is 2. The Hall–Kier alpha value is -0.470. The first-order valence-corrected chi connectivity index (χ1v) is 6.90. The molecule has 0 saturated heterocycles. The van der Waals surface area contributed by atoms with E-state index in [1.54, 1.807) is 0 Å². The maximum atomic E-state index is 3.64. The molecule has 1 aromatic carbocycles. The van der Waals surface area contributed by atoms with Crippen LogP contribution >= 0.6 is 11.8 Å². The summed E-state index contributed by atoms with van der Waals surface area (Å²) < 4.78 is 0. The highest BCUT2D eigenvalue weighted by molar-refractivity contribution is 7.98. The zero-order chi connectivity index (χ0) is 10.7. The number of benzene rings is 1. The van der Waals surface area contributed by atoms with Gasteiger partial charge < -0.3 is 5.32 Å². The lowest BCUT2D eigenvalue weighted by molar-refractivity contribution is 0.540. The third-order valence-corrected chi connectivity index (χ3v) is 3.65. The number of rotatable bonds is 5. The Balaban J connectivity index is 1.95. The maximum absolute atomic E-state index is 3.64. The van der Waals surface area contributed by atoms with Gasteiger partial charge in [-0.15, -0.1) is 11.8 Å². The molecule has 0 amide bonds. The first kappa shape index (κ1) is 11.0. The Morgan fingerprint density at radius 1 is 1.40 bits per heavy atom. The van der Waals surface area contributed by atoms with Gasteiger partial charge in [-0.05, 0) is 44.1 Å². The van der Waals surface area contributed by atoms with E-state index in [0.29, 0.717) is 6.04 Å². The summed E-state index contributed by atoms with van der Waals surface area (Å²) in [7, 11) is 0. The lowest BCUT2D eigenvalue weighted by Gasteiger charge is -2.15. The van der Waals surface area contributed by atoms with E-state index in [9.17, 15) is 0 Å². The van der Waals surface area contributed by atoms with Gasteiger partial charge >= 0.3 is 0 Å². The van der Waals surface area contributed by atoms with E-state index in [1.807, 2.05) is 11.8 Å². The van der Waals surface area contributed by atoms with Crippen LogP contribution in [-0.4, -0.2) is 18.3 Å². The largest absolute Gasteiger partial charge is 0.311 e. The quantitative estimate of drug-likeness (QED) is 0.767. The van der Waals surface area contributed by atoms with Crippen molar-refractivity contribution in [1.82, 2.24) is 5.32 Å². The average Bonchev–Trinajstić information content (AvgIpc) is 3.02. The van der Waals surface area contributed by atoms with Gasteiger partial charge in [-0.2, -0.15) is 0 Å². The molecule has 82 valence electrons. The molecule has 1 aliphatic carbocycles. The van der Waals surface area contributed by atoms with Crippen LogP contribution in [0.3, 0.4) is 0 Å². The average molecular weight is 221 g/mol. The zero-order valence-electron chi connectivity index (χ0n) is 9.49. The van der Waals surface area contributed by atoms with Crippen molar-refractivity contribution in [3.63, 3.8) is 0 Å². The number of thioether (sulfide) groups is 1. The van der Waals surface area contributed by atoms with Crippen molar-refractivity contribution >= 4 is 11.8 Å². The van der Waals surface area contributed by atoms with Gasteiger partial charge in [0.2, 0.25) is 0 Å². The number of nitrogens with one attached hydrogen (secondary N) is 1. The van der Waals surface area contributed by atoms with Gasteiger partial charge in [0.05, 0.1) is 0 Å². The minimum absolute atomic E-state index is 0.603. The molecule has 1 aliphatic rings. The van der Waals surface area contributed by atoms with Crippen molar-refractivity contribution in [2.75, 3.05) is 6.26 Å². The lowest BCUT2D eigenvalue weighted by Crippen LogP contribution is -2.30. The topological polar surface area (TPSA) is 12.0 Å². The highest BCUT2D eigenvalue weighted by atomic mass is 32.2. The molecule has 1 unspecified atom stereocenters. The molecule has 0 aromatic heterocycles. The SMILES string of the molecule is CSc1ccccc1CC(C)NC1CC1. The third kappa shape index (κ3) is 3.25. The van der Waals surface area contributed by atoms with Crippen LogP contribution in [0.15, 0.2) is 29.2 Å². The first-order chi connectivity index (χ1) is 7.29. The lowest BCUT2D eigenvalue weighted by atomic mass is 10.1. The Labute approximate surface area is 96.7 Å². The fraction of sp³-hybridized carbons (Fsp3) is 0.538. The van der Waals surface area contributed by atoms with Crippen LogP contribution in [0.1, 0.15) is 25.3 Å². The molecular formula is C13H19NS. The molecule has 0 aliphatic heterocycles. The van der Waals surface area contributed by atoms with Crippen LogP contribution in [0.25, 0.3) is 0 Å². The Morgan fingerprint density at radius 2 is 2.13 bits per heavy atom. The van der Waals surface area contributed by atoms with E-state index in [1.165, 1.54) is 23.3 Å². The minimum Gasteiger partial charge on any atom is -0.311 e. The predicted octanol–water partition coefficient (Wildman–Crippen LogP) is 3.09. The summed E-state index contributed by atoms with van der Waals surface area (Å²) in [6, 6.07) is 10.1. The molecule has 0 radical (unpaired) electrons. The summed E-state index contributed by atoms with van der Waals surface area (Å²) in [6.45, 7) is 2.29. The van der Waals surface area contributed by atoms with E-state index in [2.05, 4.69) is 42.8 Å². The fourth-order valence-corrected chi connectivity index (χ4v) is 2.54. The Kier molecular flexibility index (Phi) is 3.71. The van der Waals surface area contributed by atoms with Crippen molar-refractivity contribution in [3.8, 4) is 0 Å². The Morgan fingerprint density at radius 3 is 2.80 bits per heavy atom. The van der Waals surface area contributed by atoms with E-state index in [0.717, 1.165) is 12.5 Å². The molecule has 1 saturated carbocycles. The molecule has 15 heavy (non-hydrogen) atoms. The summed E-state index contributed by atoms with van der Waals surface area (Å²) in [5.41, 5.74) is 1.48. The van der Waals surface area contributed by atoms with Gasteiger partial charge in [-0.3, -0.25) is 0 Å². The van der Waals surface area contributed by atoms with Gasteiger partial charge in [-0.25, -0.2) is 0 Å². The van der Waals surface area contributed by atoms with E-state index in [4.69, 9.17) is 0 Å². The molecular weight excluding hydrogens is 202 g/mol. The second kappa shape index (κ2) is 5.04. The van der Waals surface area contributed by atoms with Gasteiger partial charge in [0.15, 0.2) is 0 Å². The van der Waals surface area contributed by atoms with Crippen molar-refractivity contribution in [1.29, 1.82) is 0 Å². The summed E-state index contributed by atoms with van der Waals surface area (Å²) >= 11 is 1.84. The van der Waals surface area contributed by atoms with Crippen LogP contribution in [0.5, 0.6) is 0 Å². The predicted molar refractivity (Wildman–Crippen MR) is 67.5 cm³/mol. The molecule has 1 fully saturated rings. The zero-order valence-corrected chi connectivity index (χ0v) is 10.3. The van der Waals surface area contributed by atoms with Crippen molar-refractivity contribution < 1.29 is 0 Å². The molecule has 2 heteroatoms. The second-order valence-corrected chi connectivity index (χ2v) is 5.21. The smallest absolute Gasteiger partial charge is 0.0102 e. The Bertz CT molecular complexity index is 320. The molecule has 1 aromatic rings. The molecule has 1 atom stereocenters. The van der Waals surface area contributed by atoms with Crippen LogP contribution in [0.2, 0.25) is 0 Å². The van der Waals surface area contributed by atoms with E-state index in [-0.39, 0.29) is 0 Å². The van der Waals surface area contributed by atoms with Gasteiger partial charge in [-0.1, -0.05) is 18.2 Å². The van der Waals surface area contributed by atoms with E-state index >= 15 is 0 Å². The van der Waals surface area contributed by atoms with Crippen LogP contribution in [0.4, 0.5) is 0 Å². The molecule has 0 heterocycles. The molecule has 0 bridgehead atoms.